The van der Waals surface area contributed by atoms with Crippen LogP contribution in [-0.4, -0.2) is 27.5 Å². The van der Waals surface area contributed by atoms with Gasteiger partial charge in [-0.3, -0.25) is 0 Å². The van der Waals surface area contributed by atoms with Gasteiger partial charge >= 0.3 is 0 Å². The molecule has 0 aromatic carbocycles. The maximum absolute atomic E-state index is 11.2. The van der Waals surface area contributed by atoms with Crippen molar-refractivity contribution in [3.8, 4) is 0 Å². The Morgan fingerprint density at radius 2 is 1.79 bits per heavy atom. The van der Waals surface area contributed by atoms with E-state index in [1.807, 2.05) is 0 Å². The molecule has 3 atom stereocenters. The quantitative estimate of drug-likeness (QED) is 0.734. The van der Waals surface area contributed by atoms with E-state index in [2.05, 4.69) is 16.6 Å². The smallest absolute Gasteiger partial charge is 0.233 e. The van der Waals surface area contributed by atoms with Crippen LogP contribution in [0.2, 0.25) is 0 Å². The predicted molar refractivity (Wildman–Crippen MR) is 78.2 cm³/mol. The van der Waals surface area contributed by atoms with Crippen LogP contribution in [0.1, 0.15) is 44.9 Å². The SMILES string of the molecule is C=CS(=O)(=O)NCCNC1CCCC2CCCCC21. The van der Waals surface area contributed by atoms with Gasteiger partial charge in [0.25, 0.3) is 0 Å². The monoisotopic (exact) mass is 286 g/mol. The van der Waals surface area contributed by atoms with Crippen molar-refractivity contribution < 1.29 is 8.42 Å². The number of sulfonamides is 1. The zero-order valence-corrected chi connectivity index (χ0v) is 12.4. The molecule has 2 aliphatic carbocycles. The highest BCUT2D eigenvalue weighted by Crippen LogP contribution is 2.40. The lowest BCUT2D eigenvalue weighted by molar-refractivity contribution is 0.127. The van der Waals surface area contributed by atoms with Gasteiger partial charge in [-0.25, -0.2) is 13.1 Å². The molecule has 2 saturated carbocycles. The van der Waals surface area contributed by atoms with Crippen molar-refractivity contribution in [1.82, 2.24) is 10.0 Å². The Morgan fingerprint density at radius 1 is 1.05 bits per heavy atom. The normalized spacial score (nSPS) is 31.7. The molecule has 0 radical (unpaired) electrons. The minimum atomic E-state index is -3.27. The fraction of sp³-hybridized carbons (Fsp3) is 0.857. The Morgan fingerprint density at radius 3 is 2.58 bits per heavy atom. The summed E-state index contributed by atoms with van der Waals surface area (Å²) in [6.45, 7) is 4.44. The number of rotatable bonds is 6. The van der Waals surface area contributed by atoms with Gasteiger partial charge in [-0.15, -0.1) is 0 Å². The van der Waals surface area contributed by atoms with E-state index >= 15 is 0 Å². The maximum atomic E-state index is 11.2. The van der Waals surface area contributed by atoms with Gasteiger partial charge in [-0.1, -0.05) is 38.7 Å². The Hall–Kier alpha value is -0.390. The highest BCUT2D eigenvalue weighted by atomic mass is 32.2. The standard InChI is InChI=1S/C14H26N2O2S/c1-2-19(17,18)16-11-10-15-14-9-5-7-12-6-3-4-8-13(12)14/h2,12-16H,1,3-11H2. The average molecular weight is 286 g/mol. The first-order valence-electron chi connectivity index (χ1n) is 7.48. The molecule has 2 aliphatic rings. The van der Waals surface area contributed by atoms with Crippen molar-refractivity contribution in [3.63, 3.8) is 0 Å². The van der Waals surface area contributed by atoms with E-state index in [-0.39, 0.29) is 0 Å². The first-order valence-corrected chi connectivity index (χ1v) is 9.02. The average Bonchev–Trinajstić information content (AvgIpc) is 2.44. The van der Waals surface area contributed by atoms with Gasteiger partial charge in [-0.05, 0) is 24.7 Å². The van der Waals surface area contributed by atoms with Gasteiger partial charge in [-0.2, -0.15) is 0 Å². The van der Waals surface area contributed by atoms with Gasteiger partial charge < -0.3 is 5.32 Å². The predicted octanol–water partition coefficient (Wildman–Crippen LogP) is 2.00. The van der Waals surface area contributed by atoms with Crippen LogP contribution in [0.4, 0.5) is 0 Å². The van der Waals surface area contributed by atoms with E-state index in [1.54, 1.807) is 0 Å². The molecular formula is C14H26N2O2S. The molecule has 0 aliphatic heterocycles. The largest absolute Gasteiger partial charge is 0.312 e. The minimum Gasteiger partial charge on any atom is -0.312 e. The molecule has 0 bridgehead atoms. The fourth-order valence-corrected chi connectivity index (χ4v) is 4.21. The second-order valence-corrected chi connectivity index (χ2v) is 7.52. The van der Waals surface area contributed by atoms with Crippen molar-refractivity contribution in [2.45, 2.75) is 51.0 Å². The van der Waals surface area contributed by atoms with Crippen LogP contribution >= 0.6 is 0 Å². The van der Waals surface area contributed by atoms with Crippen LogP contribution < -0.4 is 10.0 Å². The molecule has 19 heavy (non-hydrogen) atoms. The molecule has 3 unspecified atom stereocenters. The van der Waals surface area contributed by atoms with Crippen molar-refractivity contribution in [3.05, 3.63) is 12.0 Å². The topological polar surface area (TPSA) is 58.2 Å². The summed E-state index contributed by atoms with van der Waals surface area (Å²) in [5.74, 6) is 1.73. The van der Waals surface area contributed by atoms with Crippen molar-refractivity contribution in [1.29, 1.82) is 0 Å². The van der Waals surface area contributed by atoms with E-state index in [1.165, 1.54) is 44.9 Å². The number of fused-ring (bicyclic) bond motifs is 1. The summed E-state index contributed by atoms with van der Waals surface area (Å²) in [6.07, 6.45) is 9.46. The van der Waals surface area contributed by atoms with Crippen molar-refractivity contribution in [2.75, 3.05) is 13.1 Å². The first kappa shape index (κ1) is 15.0. The third-order valence-corrected chi connectivity index (χ3v) is 5.67. The third-order valence-electron chi connectivity index (χ3n) is 4.63. The Kier molecular flexibility index (Phi) is 5.42. The molecule has 2 N–H and O–H groups in total. The molecular weight excluding hydrogens is 260 g/mol. The molecule has 0 saturated heterocycles. The highest BCUT2D eigenvalue weighted by molar-refractivity contribution is 7.92. The molecule has 4 nitrogen and oxygen atoms in total. The van der Waals surface area contributed by atoms with Gasteiger partial charge in [0, 0.05) is 24.5 Å². The summed E-state index contributed by atoms with van der Waals surface area (Å²) in [7, 11) is -3.27. The molecule has 0 spiro atoms. The van der Waals surface area contributed by atoms with E-state index in [0.717, 1.165) is 17.2 Å². The molecule has 0 heterocycles. The van der Waals surface area contributed by atoms with Gasteiger partial charge in [0.1, 0.15) is 0 Å². The van der Waals surface area contributed by atoms with E-state index in [4.69, 9.17) is 0 Å². The minimum absolute atomic E-state index is 0.447. The fourth-order valence-electron chi connectivity index (χ4n) is 3.70. The summed E-state index contributed by atoms with van der Waals surface area (Å²) in [4.78, 5) is 0. The second kappa shape index (κ2) is 6.86. The summed E-state index contributed by atoms with van der Waals surface area (Å²) in [6, 6.07) is 0.590. The Balaban J connectivity index is 1.74. The van der Waals surface area contributed by atoms with Crippen LogP contribution in [0.15, 0.2) is 12.0 Å². The number of nitrogens with one attached hydrogen (secondary N) is 2. The summed E-state index contributed by atoms with van der Waals surface area (Å²) >= 11 is 0. The van der Waals surface area contributed by atoms with Gasteiger partial charge in [0.05, 0.1) is 0 Å². The highest BCUT2D eigenvalue weighted by Gasteiger charge is 2.34. The molecule has 0 aromatic rings. The molecule has 0 aromatic heterocycles. The maximum Gasteiger partial charge on any atom is 0.233 e. The van der Waals surface area contributed by atoms with Crippen LogP contribution in [-0.2, 0) is 10.0 Å². The van der Waals surface area contributed by atoms with Crippen LogP contribution in [0.3, 0.4) is 0 Å². The van der Waals surface area contributed by atoms with Crippen molar-refractivity contribution in [2.24, 2.45) is 11.8 Å². The van der Waals surface area contributed by atoms with Crippen LogP contribution in [0.25, 0.3) is 0 Å². The Bertz CT molecular complexity index is 392. The summed E-state index contributed by atoms with van der Waals surface area (Å²) in [5, 5.41) is 4.52. The van der Waals surface area contributed by atoms with Gasteiger partial charge in [0.2, 0.25) is 10.0 Å². The summed E-state index contributed by atoms with van der Waals surface area (Å²) in [5.41, 5.74) is 0. The number of hydrogen-bond acceptors (Lipinski definition) is 3. The van der Waals surface area contributed by atoms with Crippen LogP contribution in [0, 0.1) is 11.8 Å². The van der Waals surface area contributed by atoms with Crippen molar-refractivity contribution >= 4 is 10.0 Å². The molecule has 0 amide bonds. The zero-order valence-electron chi connectivity index (χ0n) is 11.6. The second-order valence-electron chi connectivity index (χ2n) is 5.81. The van der Waals surface area contributed by atoms with Gasteiger partial charge in [0.15, 0.2) is 0 Å². The number of hydrogen-bond donors (Lipinski definition) is 2. The molecule has 110 valence electrons. The van der Waals surface area contributed by atoms with E-state index < -0.39 is 10.0 Å². The van der Waals surface area contributed by atoms with E-state index in [9.17, 15) is 8.42 Å². The molecule has 2 rings (SSSR count). The zero-order chi connectivity index (χ0) is 13.7. The first-order chi connectivity index (χ1) is 9.12. The lowest BCUT2D eigenvalue weighted by Crippen LogP contribution is -2.46. The Labute approximate surface area is 117 Å². The van der Waals surface area contributed by atoms with Crippen LogP contribution in [0.5, 0.6) is 0 Å². The van der Waals surface area contributed by atoms with E-state index in [0.29, 0.717) is 19.1 Å². The molecule has 5 heteroatoms. The lowest BCUT2D eigenvalue weighted by Gasteiger charge is -2.41. The third kappa shape index (κ3) is 4.29. The summed E-state index contributed by atoms with van der Waals surface area (Å²) < 4.78 is 25.0. The molecule has 2 fully saturated rings. The lowest BCUT2D eigenvalue weighted by atomic mass is 9.68.